The van der Waals surface area contributed by atoms with Crippen LogP contribution in [0.5, 0.6) is 11.5 Å². The van der Waals surface area contributed by atoms with Crippen molar-refractivity contribution in [3.8, 4) is 34.1 Å². The predicted molar refractivity (Wildman–Crippen MR) is 149 cm³/mol. The molecule has 8 heteroatoms. The highest BCUT2D eigenvalue weighted by molar-refractivity contribution is 6.00. The zero-order chi connectivity index (χ0) is 26.2. The quantitative estimate of drug-likeness (QED) is 0.217. The van der Waals surface area contributed by atoms with Crippen molar-refractivity contribution >= 4 is 33.6 Å². The predicted octanol–water partition coefficient (Wildman–Crippen LogP) is 7.38. The Morgan fingerprint density at radius 3 is 1.42 bits per heavy atom. The number of ether oxygens (including phenoxy) is 2. The number of aryl methyl sites for hydroxylation is 2. The molecule has 0 unspecified atom stereocenters. The molecule has 0 spiro atoms. The van der Waals surface area contributed by atoms with E-state index in [1.807, 2.05) is 74.5 Å². The summed E-state index contributed by atoms with van der Waals surface area (Å²) in [7, 11) is 3.29. The molecule has 0 atom stereocenters. The Morgan fingerprint density at radius 1 is 0.579 bits per heavy atom. The van der Waals surface area contributed by atoms with E-state index < -0.39 is 0 Å². The summed E-state index contributed by atoms with van der Waals surface area (Å²) in [4.78, 5) is 9.11. The Morgan fingerprint density at radius 2 is 1.00 bits per heavy atom. The fourth-order valence-corrected chi connectivity index (χ4v) is 4.78. The summed E-state index contributed by atoms with van der Waals surface area (Å²) < 4.78 is 23.6. The van der Waals surface area contributed by atoms with E-state index in [0.29, 0.717) is 34.4 Å². The van der Waals surface area contributed by atoms with Crippen LogP contribution >= 0.6 is 0 Å². The van der Waals surface area contributed by atoms with Gasteiger partial charge in [0.05, 0.1) is 36.7 Å². The van der Waals surface area contributed by atoms with Crippen molar-refractivity contribution in [2.45, 2.75) is 13.8 Å². The molecule has 6 aromatic rings. The minimum Gasteiger partial charge on any atom is -0.496 e. The smallest absolute Gasteiger partial charge is 0.314 e. The molecule has 0 bridgehead atoms. The third kappa shape index (κ3) is 3.96. The van der Waals surface area contributed by atoms with Crippen LogP contribution in [0.4, 0.5) is 12.0 Å². The second kappa shape index (κ2) is 9.48. The number of fused-ring (bicyclic) bond motifs is 2. The van der Waals surface area contributed by atoms with E-state index in [9.17, 15) is 0 Å². The zero-order valence-electron chi connectivity index (χ0n) is 21.5. The number of nitrogens with one attached hydrogen (secondary N) is 2. The topological polar surface area (TPSA) is 94.6 Å². The van der Waals surface area contributed by atoms with Gasteiger partial charge in [0.1, 0.15) is 11.5 Å². The highest BCUT2D eigenvalue weighted by atomic mass is 16.5. The molecule has 0 saturated heterocycles. The lowest BCUT2D eigenvalue weighted by atomic mass is 10.0. The Bertz CT molecular complexity index is 1660. The molecule has 8 nitrogen and oxygen atoms in total. The summed E-state index contributed by atoms with van der Waals surface area (Å²) in [6, 6.07) is 24.6. The lowest BCUT2D eigenvalue weighted by Crippen LogP contribution is -2.09. The molecular formula is C30H26N4O4. The molecule has 0 aliphatic heterocycles. The molecule has 0 saturated carbocycles. The number of hydrogen-bond donors (Lipinski definition) is 2. The number of oxazole rings is 2. The van der Waals surface area contributed by atoms with Gasteiger partial charge in [0.15, 0.2) is 11.5 Å². The van der Waals surface area contributed by atoms with Gasteiger partial charge in [-0.15, -0.1) is 0 Å². The van der Waals surface area contributed by atoms with Crippen LogP contribution in [0.1, 0.15) is 11.4 Å². The SMILES string of the molecule is COc1ccc2ccccc2c1-c1oc(NNc2nc(C)c(-c3c(OC)ccc4ccccc34)o2)nc1C. The van der Waals surface area contributed by atoms with E-state index in [-0.39, 0.29) is 12.0 Å². The molecular weight excluding hydrogens is 480 g/mol. The van der Waals surface area contributed by atoms with Crippen LogP contribution in [0.15, 0.2) is 81.6 Å². The average Bonchev–Trinajstić information content (AvgIpc) is 3.51. The van der Waals surface area contributed by atoms with Gasteiger partial charge < -0.3 is 18.3 Å². The van der Waals surface area contributed by atoms with Gasteiger partial charge >= 0.3 is 12.0 Å². The number of anilines is 2. The summed E-state index contributed by atoms with van der Waals surface area (Å²) in [6.45, 7) is 3.79. The molecule has 0 amide bonds. The van der Waals surface area contributed by atoms with Gasteiger partial charge in [-0.25, -0.2) is 10.9 Å². The third-order valence-electron chi connectivity index (χ3n) is 6.55. The molecule has 190 valence electrons. The minimum atomic E-state index is 0.271. The highest BCUT2D eigenvalue weighted by Gasteiger charge is 2.21. The molecule has 0 radical (unpaired) electrons. The number of benzene rings is 4. The van der Waals surface area contributed by atoms with Crippen molar-refractivity contribution in [3.63, 3.8) is 0 Å². The minimum absolute atomic E-state index is 0.271. The van der Waals surface area contributed by atoms with Gasteiger partial charge in [-0.2, -0.15) is 9.97 Å². The van der Waals surface area contributed by atoms with Crippen molar-refractivity contribution in [2.24, 2.45) is 0 Å². The van der Waals surface area contributed by atoms with Gasteiger partial charge in [-0.05, 0) is 47.5 Å². The van der Waals surface area contributed by atoms with Gasteiger partial charge in [-0.3, -0.25) is 0 Å². The Hall–Kier alpha value is -4.98. The van der Waals surface area contributed by atoms with Crippen molar-refractivity contribution < 1.29 is 18.3 Å². The number of methoxy groups -OCH3 is 2. The first kappa shape index (κ1) is 23.4. The van der Waals surface area contributed by atoms with Crippen LogP contribution in [-0.4, -0.2) is 24.2 Å². The number of hydrazine groups is 1. The van der Waals surface area contributed by atoms with Crippen LogP contribution in [0.25, 0.3) is 44.2 Å². The van der Waals surface area contributed by atoms with E-state index in [0.717, 1.165) is 32.7 Å². The number of rotatable bonds is 7. The van der Waals surface area contributed by atoms with Crippen molar-refractivity contribution in [2.75, 3.05) is 25.1 Å². The van der Waals surface area contributed by atoms with Crippen molar-refractivity contribution in [1.29, 1.82) is 0 Å². The number of nitrogens with zero attached hydrogens (tertiary/aromatic N) is 2. The molecule has 38 heavy (non-hydrogen) atoms. The summed E-state index contributed by atoms with van der Waals surface area (Å²) in [6.07, 6.45) is 0. The maximum absolute atomic E-state index is 6.13. The summed E-state index contributed by atoms with van der Waals surface area (Å²) >= 11 is 0. The second-order valence-electron chi connectivity index (χ2n) is 8.85. The van der Waals surface area contributed by atoms with E-state index in [4.69, 9.17) is 18.3 Å². The standard InChI is InChI=1S/C30H26N4O4/c1-17-27(25-21-11-7-5-9-19(21)13-15-23(25)35-3)37-29(31-17)33-34-30-32-18(2)28(38-30)26-22-12-8-6-10-20(22)14-16-24(26)36-4/h5-16H,1-4H3,(H,31,33)(H,32,34). The van der Waals surface area contributed by atoms with E-state index in [2.05, 4.69) is 33.0 Å². The summed E-state index contributed by atoms with van der Waals surface area (Å²) in [5.41, 5.74) is 9.09. The number of aromatic nitrogens is 2. The van der Waals surface area contributed by atoms with Crippen LogP contribution in [-0.2, 0) is 0 Å². The summed E-state index contributed by atoms with van der Waals surface area (Å²) in [5.74, 6) is 2.65. The van der Waals surface area contributed by atoms with Gasteiger partial charge in [-0.1, -0.05) is 60.7 Å². The maximum Gasteiger partial charge on any atom is 0.314 e. The first-order chi connectivity index (χ1) is 18.6. The monoisotopic (exact) mass is 506 g/mol. The Labute approximate surface area is 219 Å². The molecule has 4 aromatic carbocycles. The Balaban J connectivity index is 1.32. The molecule has 0 fully saturated rings. The van der Waals surface area contributed by atoms with E-state index in [1.54, 1.807) is 14.2 Å². The zero-order valence-corrected chi connectivity index (χ0v) is 21.5. The van der Waals surface area contributed by atoms with E-state index in [1.165, 1.54) is 0 Å². The largest absolute Gasteiger partial charge is 0.496 e. The molecule has 6 rings (SSSR count). The fraction of sp³-hybridized carbons (Fsp3) is 0.133. The molecule has 2 heterocycles. The first-order valence-electron chi connectivity index (χ1n) is 12.2. The average molecular weight is 507 g/mol. The maximum atomic E-state index is 6.13. The van der Waals surface area contributed by atoms with Crippen LogP contribution in [0.2, 0.25) is 0 Å². The highest BCUT2D eigenvalue weighted by Crippen LogP contribution is 2.41. The second-order valence-corrected chi connectivity index (χ2v) is 8.85. The molecule has 2 aromatic heterocycles. The number of hydrogen-bond acceptors (Lipinski definition) is 8. The van der Waals surface area contributed by atoms with Gasteiger partial charge in [0, 0.05) is 0 Å². The normalized spacial score (nSPS) is 11.2. The van der Waals surface area contributed by atoms with Crippen LogP contribution in [0.3, 0.4) is 0 Å². The van der Waals surface area contributed by atoms with E-state index >= 15 is 0 Å². The lowest BCUT2D eigenvalue weighted by Gasteiger charge is -2.10. The van der Waals surface area contributed by atoms with Crippen molar-refractivity contribution in [3.05, 3.63) is 84.2 Å². The van der Waals surface area contributed by atoms with Crippen LogP contribution in [0, 0.1) is 13.8 Å². The van der Waals surface area contributed by atoms with Crippen LogP contribution < -0.4 is 20.3 Å². The van der Waals surface area contributed by atoms with Gasteiger partial charge in [0.25, 0.3) is 0 Å². The summed E-state index contributed by atoms with van der Waals surface area (Å²) in [5, 5.41) is 4.20. The lowest BCUT2D eigenvalue weighted by molar-refractivity contribution is 0.415. The molecule has 0 aliphatic carbocycles. The Kier molecular flexibility index (Phi) is 5.84. The third-order valence-corrected chi connectivity index (χ3v) is 6.55. The molecule has 0 aliphatic rings. The molecule has 2 N–H and O–H groups in total. The first-order valence-corrected chi connectivity index (χ1v) is 12.2. The van der Waals surface area contributed by atoms with Gasteiger partial charge in [0.2, 0.25) is 0 Å². The fourth-order valence-electron chi connectivity index (χ4n) is 4.78. The van der Waals surface area contributed by atoms with Crippen molar-refractivity contribution in [1.82, 2.24) is 9.97 Å².